The molecule has 1 aliphatic rings. The molecule has 1 atom stereocenters. The summed E-state index contributed by atoms with van der Waals surface area (Å²) in [5, 5.41) is 2.24. The molecule has 1 N–H and O–H groups in total. The molecule has 1 heterocycles. The van der Waals surface area contributed by atoms with E-state index >= 15 is 0 Å². The first-order valence-electron chi connectivity index (χ1n) is 3.75. The first-order valence-corrected chi connectivity index (χ1v) is 3.75. The lowest BCUT2D eigenvalue weighted by Crippen LogP contribution is -2.57. The van der Waals surface area contributed by atoms with Crippen molar-refractivity contribution in [3.05, 3.63) is 0 Å². The number of hydrogen-bond donors (Lipinski definition) is 1. The standard InChI is InChI=1S/C7H13N3O2/c1-9(2)6-4-5(11)8-7(12)10(6)3/h6H,4H2,1-3H3,(H,8,11,12). The average Bonchev–Trinajstić information content (AvgIpc) is 1.96. The van der Waals surface area contributed by atoms with Gasteiger partial charge in [-0.25, -0.2) is 4.79 Å². The van der Waals surface area contributed by atoms with Crippen LogP contribution in [0.2, 0.25) is 0 Å². The highest BCUT2D eigenvalue weighted by atomic mass is 16.2. The molecule has 12 heavy (non-hydrogen) atoms. The lowest BCUT2D eigenvalue weighted by molar-refractivity contribution is -0.124. The van der Waals surface area contributed by atoms with Crippen LogP contribution in [0.4, 0.5) is 4.79 Å². The van der Waals surface area contributed by atoms with Gasteiger partial charge in [0.25, 0.3) is 0 Å². The van der Waals surface area contributed by atoms with Crippen LogP contribution in [0.15, 0.2) is 0 Å². The Labute approximate surface area is 71.3 Å². The molecule has 5 heteroatoms. The smallest absolute Gasteiger partial charge is 0.311 e. The zero-order valence-electron chi connectivity index (χ0n) is 7.50. The minimum Gasteiger partial charge on any atom is -0.311 e. The molecular formula is C7H13N3O2. The summed E-state index contributed by atoms with van der Waals surface area (Å²) in [6, 6.07) is -0.329. The van der Waals surface area contributed by atoms with E-state index in [2.05, 4.69) is 5.32 Å². The number of imide groups is 1. The minimum absolute atomic E-state index is 0.119. The van der Waals surface area contributed by atoms with Gasteiger partial charge < -0.3 is 4.90 Å². The SMILES string of the molecule is CN(C)C1CC(=O)NC(=O)N1C. The Hall–Kier alpha value is -1.10. The van der Waals surface area contributed by atoms with Crippen molar-refractivity contribution in [1.82, 2.24) is 15.1 Å². The second-order valence-electron chi connectivity index (χ2n) is 3.11. The fourth-order valence-electron chi connectivity index (χ4n) is 1.23. The quantitative estimate of drug-likeness (QED) is 0.575. The summed E-state index contributed by atoms with van der Waals surface area (Å²) in [7, 11) is 5.35. The molecule has 1 unspecified atom stereocenters. The van der Waals surface area contributed by atoms with Crippen LogP contribution in [-0.4, -0.2) is 49.0 Å². The number of amides is 3. The third-order valence-electron chi connectivity index (χ3n) is 1.98. The van der Waals surface area contributed by atoms with Crippen molar-refractivity contribution >= 4 is 11.9 Å². The Morgan fingerprint density at radius 1 is 1.50 bits per heavy atom. The molecule has 3 amide bonds. The van der Waals surface area contributed by atoms with Crippen molar-refractivity contribution in [2.24, 2.45) is 0 Å². The number of nitrogens with one attached hydrogen (secondary N) is 1. The van der Waals surface area contributed by atoms with Crippen molar-refractivity contribution in [1.29, 1.82) is 0 Å². The Balaban J connectivity index is 2.73. The van der Waals surface area contributed by atoms with Gasteiger partial charge in [-0.15, -0.1) is 0 Å². The fourth-order valence-corrected chi connectivity index (χ4v) is 1.23. The van der Waals surface area contributed by atoms with Crippen LogP contribution >= 0.6 is 0 Å². The number of hydrogen-bond acceptors (Lipinski definition) is 3. The van der Waals surface area contributed by atoms with Crippen LogP contribution in [0.25, 0.3) is 0 Å². The van der Waals surface area contributed by atoms with Gasteiger partial charge in [0.2, 0.25) is 5.91 Å². The highest BCUT2D eigenvalue weighted by molar-refractivity contribution is 5.96. The normalized spacial score (nSPS) is 24.7. The Bertz CT molecular complexity index is 215. The molecular weight excluding hydrogens is 158 g/mol. The summed E-state index contributed by atoms with van der Waals surface area (Å²) in [6.07, 6.45) is 0.223. The van der Waals surface area contributed by atoms with E-state index in [0.717, 1.165) is 0 Å². The van der Waals surface area contributed by atoms with E-state index in [4.69, 9.17) is 0 Å². The number of carbonyl (C=O) groups is 2. The Kier molecular flexibility index (Phi) is 2.32. The van der Waals surface area contributed by atoms with Crippen molar-refractivity contribution in [2.75, 3.05) is 21.1 Å². The molecule has 0 aliphatic carbocycles. The monoisotopic (exact) mass is 171 g/mol. The minimum atomic E-state index is -0.329. The van der Waals surface area contributed by atoms with Crippen molar-refractivity contribution < 1.29 is 9.59 Å². The molecule has 1 rings (SSSR count). The van der Waals surface area contributed by atoms with Crippen molar-refractivity contribution in [2.45, 2.75) is 12.6 Å². The first kappa shape index (κ1) is 8.99. The molecule has 0 bridgehead atoms. The Morgan fingerprint density at radius 3 is 2.58 bits per heavy atom. The van der Waals surface area contributed by atoms with Gasteiger partial charge in [-0.1, -0.05) is 0 Å². The Morgan fingerprint density at radius 2 is 2.08 bits per heavy atom. The van der Waals surface area contributed by atoms with Gasteiger partial charge in [0.15, 0.2) is 0 Å². The molecule has 0 radical (unpaired) electrons. The second-order valence-corrected chi connectivity index (χ2v) is 3.11. The van der Waals surface area contributed by atoms with E-state index < -0.39 is 0 Å². The van der Waals surface area contributed by atoms with Gasteiger partial charge in [-0.2, -0.15) is 0 Å². The third kappa shape index (κ3) is 1.55. The summed E-state index contributed by atoms with van der Waals surface area (Å²) >= 11 is 0. The zero-order valence-corrected chi connectivity index (χ0v) is 7.50. The summed E-state index contributed by atoms with van der Waals surface area (Å²) < 4.78 is 0. The van der Waals surface area contributed by atoms with Gasteiger partial charge in [0, 0.05) is 7.05 Å². The van der Waals surface area contributed by atoms with Crippen molar-refractivity contribution in [3.63, 3.8) is 0 Å². The molecule has 0 aromatic heterocycles. The van der Waals surface area contributed by atoms with Crippen LogP contribution in [-0.2, 0) is 4.79 Å². The summed E-state index contributed by atoms with van der Waals surface area (Å²) in [6.45, 7) is 0. The maximum atomic E-state index is 11.1. The predicted molar refractivity (Wildman–Crippen MR) is 43.4 cm³/mol. The van der Waals surface area contributed by atoms with Crippen LogP contribution in [0.1, 0.15) is 6.42 Å². The lowest BCUT2D eigenvalue weighted by Gasteiger charge is -2.35. The molecule has 1 aliphatic heterocycles. The molecule has 68 valence electrons. The highest BCUT2D eigenvalue weighted by Gasteiger charge is 2.30. The second kappa shape index (κ2) is 3.10. The zero-order chi connectivity index (χ0) is 9.30. The van der Waals surface area contributed by atoms with E-state index in [9.17, 15) is 9.59 Å². The van der Waals surface area contributed by atoms with Gasteiger partial charge in [-0.3, -0.25) is 15.0 Å². The van der Waals surface area contributed by atoms with Crippen LogP contribution in [0, 0.1) is 0 Å². The van der Waals surface area contributed by atoms with E-state index in [1.54, 1.807) is 7.05 Å². The predicted octanol–water partition coefficient (Wildman–Crippen LogP) is -0.554. The third-order valence-corrected chi connectivity index (χ3v) is 1.98. The number of rotatable bonds is 1. The van der Waals surface area contributed by atoms with Crippen LogP contribution in [0.3, 0.4) is 0 Å². The van der Waals surface area contributed by atoms with Crippen LogP contribution < -0.4 is 5.32 Å². The first-order chi connectivity index (χ1) is 5.52. The topological polar surface area (TPSA) is 52.7 Å². The van der Waals surface area contributed by atoms with Gasteiger partial charge >= 0.3 is 6.03 Å². The molecule has 0 aromatic carbocycles. The molecule has 0 aromatic rings. The van der Waals surface area contributed by atoms with E-state index in [0.29, 0.717) is 6.42 Å². The molecule has 0 spiro atoms. The van der Waals surface area contributed by atoms with E-state index in [1.165, 1.54) is 4.90 Å². The van der Waals surface area contributed by atoms with E-state index in [-0.39, 0.29) is 18.1 Å². The molecule has 0 saturated carbocycles. The average molecular weight is 171 g/mol. The fraction of sp³-hybridized carbons (Fsp3) is 0.714. The van der Waals surface area contributed by atoms with E-state index in [1.807, 2.05) is 19.0 Å². The molecule has 1 fully saturated rings. The van der Waals surface area contributed by atoms with Gasteiger partial charge in [-0.05, 0) is 14.1 Å². The summed E-state index contributed by atoms with van der Waals surface area (Å²) in [4.78, 5) is 25.4. The highest BCUT2D eigenvalue weighted by Crippen LogP contribution is 2.09. The molecule has 1 saturated heterocycles. The largest absolute Gasteiger partial charge is 0.325 e. The maximum Gasteiger partial charge on any atom is 0.325 e. The number of nitrogens with zero attached hydrogens (tertiary/aromatic N) is 2. The number of carbonyl (C=O) groups excluding carboxylic acids is 2. The lowest BCUT2D eigenvalue weighted by atomic mass is 10.2. The summed E-state index contributed by atoms with van der Waals surface area (Å²) in [5.41, 5.74) is 0. The summed E-state index contributed by atoms with van der Waals surface area (Å²) in [5.74, 6) is -0.211. The van der Waals surface area contributed by atoms with Gasteiger partial charge in [0.05, 0.1) is 12.6 Å². The van der Waals surface area contributed by atoms with Gasteiger partial charge in [0.1, 0.15) is 0 Å². The van der Waals surface area contributed by atoms with Crippen molar-refractivity contribution in [3.8, 4) is 0 Å². The maximum absolute atomic E-state index is 11.1. The molecule has 5 nitrogen and oxygen atoms in total. The number of urea groups is 1. The van der Waals surface area contributed by atoms with Crippen LogP contribution in [0.5, 0.6) is 0 Å².